The molecule has 0 spiro atoms. The maximum Gasteiger partial charge on any atom is 0.0354 e. The first-order chi connectivity index (χ1) is 6.67. The quantitative estimate of drug-likeness (QED) is 0.763. The van der Waals surface area contributed by atoms with Crippen LogP contribution in [0.3, 0.4) is 0 Å². The van der Waals surface area contributed by atoms with Gasteiger partial charge in [0.05, 0.1) is 0 Å². The minimum atomic E-state index is 0.585. The average molecular weight is 368 g/mol. The molecule has 0 aliphatic heterocycles. The van der Waals surface area contributed by atoms with Crippen molar-refractivity contribution >= 4 is 44.2 Å². The molecule has 0 atom stereocenters. The van der Waals surface area contributed by atoms with Crippen LogP contribution in [0.15, 0.2) is 22.7 Å². The van der Waals surface area contributed by atoms with Crippen molar-refractivity contribution < 1.29 is 0 Å². The molecular formula is C11H15BrIN. The van der Waals surface area contributed by atoms with Crippen molar-refractivity contribution in [3.8, 4) is 0 Å². The molecule has 0 bridgehead atoms. The topological polar surface area (TPSA) is 12.0 Å². The molecule has 0 aliphatic carbocycles. The zero-order valence-electron chi connectivity index (χ0n) is 8.48. The van der Waals surface area contributed by atoms with Crippen LogP contribution in [0.25, 0.3) is 0 Å². The second-order valence-corrected chi connectivity index (χ2v) is 5.30. The lowest BCUT2D eigenvalue weighted by molar-refractivity contribution is 0.672. The Morgan fingerprint density at radius 3 is 2.50 bits per heavy atom. The van der Waals surface area contributed by atoms with Crippen LogP contribution in [-0.4, -0.2) is 6.04 Å². The van der Waals surface area contributed by atoms with Crippen molar-refractivity contribution in [1.82, 2.24) is 0 Å². The minimum absolute atomic E-state index is 0.585. The molecule has 0 aliphatic rings. The molecule has 1 nitrogen and oxygen atoms in total. The van der Waals surface area contributed by atoms with Crippen LogP contribution < -0.4 is 5.32 Å². The molecule has 1 aromatic carbocycles. The van der Waals surface area contributed by atoms with E-state index in [1.165, 1.54) is 22.1 Å². The molecule has 0 saturated heterocycles. The summed E-state index contributed by atoms with van der Waals surface area (Å²) in [5.74, 6) is 0. The van der Waals surface area contributed by atoms with Crippen molar-refractivity contribution in [2.75, 3.05) is 5.32 Å². The molecule has 0 fully saturated rings. The molecule has 1 aromatic rings. The molecule has 78 valence electrons. The lowest BCUT2D eigenvalue weighted by Gasteiger charge is -2.16. The van der Waals surface area contributed by atoms with Gasteiger partial charge in [0.25, 0.3) is 0 Å². The summed E-state index contributed by atoms with van der Waals surface area (Å²) >= 11 is 5.85. The van der Waals surface area contributed by atoms with E-state index < -0.39 is 0 Å². The summed E-state index contributed by atoms with van der Waals surface area (Å²) in [7, 11) is 0. The molecule has 0 saturated carbocycles. The normalized spacial score (nSPS) is 10.6. The van der Waals surface area contributed by atoms with Crippen LogP contribution in [0.2, 0.25) is 0 Å². The largest absolute Gasteiger partial charge is 0.382 e. The number of rotatable bonds is 4. The van der Waals surface area contributed by atoms with E-state index in [1.807, 2.05) is 0 Å². The highest BCUT2D eigenvalue weighted by atomic mass is 127. The fraction of sp³-hybridized carbons (Fsp3) is 0.455. The van der Waals surface area contributed by atoms with Crippen molar-refractivity contribution in [2.45, 2.75) is 32.7 Å². The Balaban J connectivity index is 2.72. The van der Waals surface area contributed by atoms with Gasteiger partial charge in [-0.25, -0.2) is 0 Å². The predicted molar refractivity (Wildman–Crippen MR) is 74.9 cm³/mol. The highest BCUT2D eigenvalue weighted by Gasteiger charge is 2.04. The summed E-state index contributed by atoms with van der Waals surface area (Å²) in [6, 6.07) is 6.97. The predicted octanol–water partition coefficient (Wildman–Crippen LogP) is 4.65. The van der Waals surface area contributed by atoms with Crippen LogP contribution in [0.5, 0.6) is 0 Å². The average Bonchev–Trinajstić information content (AvgIpc) is 2.19. The number of nitrogens with one attached hydrogen (secondary N) is 1. The first-order valence-electron chi connectivity index (χ1n) is 4.89. The Hall–Kier alpha value is 0.230. The SMILES string of the molecule is CCC(CC)Nc1ccc(I)c(Br)c1. The summed E-state index contributed by atoms with van der Waals surface area (Å²) in [5.41, 5.74) is 1.20. The first kappa shape index (κ1) is 12.3. The third-order valence-corrected chi connectivity index (χ3v) is 4.61. The van der Waals surface area contributed by atoms with E-state index in [2.05, 4.69) is 75.9 Å². The standard InChI is InChI=1S/C11H15BrIN/c1-3-8(4-2)14-9-5-6-11(13)10(12)7-9/h5-8,14H,3-4H2,1-2H3. The third kappa shape index (κ3) is 3.42. The van der Waals surface area contributed by atoms with Gasteiger partial charge in [0, 0.05) is 19.8 Å². The summed E-state index contributed by atoms with van der Waals surface area (Å²) in [4.78, 5) is 0. The molecule has 3 heteroatoms. The fourth-order valence-electron chi connectivity index (χ4n) is 1.31. The van der Waals surface area contributed by atoms with E-state index in [1.54, 1.807) is 0 Å². The van der Waals surface area contributed by atoms with Crippen LogP contribution in [-0.2, 0) is 0 Å². The molecule has 0 radical (unpaired) electrons. The summed E-state index contributed by atoms with van der Waals surface area (Å²) in [6.07, 6.45) is 2.33. The second-order valence-electron chi connectivity index (χ2n) is 3.29. The fourth-order valence-corrected chi connectivity index (χ4v) is 2.03. The van der Waals surface area contributed by atoms with Gasteiger partial charge in [0.2, 0.25) is 0 Å². The van der Waals surface area contributed by atoms with Crippen LogP contribution >= 0.6 is 38.5 Å². The van der Waals surface area contributed by atoms with Crippen molar-refractivity contribution in [3.63, 3.8) is 0 Å². The smallest absolute Gasteiger partial charge is 0.0354 e. The highest BCUT2D eigenvalue weighted by Crippen LogP contribution is 2.23. The lowest BCUT2D eigenvalue weighted by atomic mass is 10.1. The minimum Gasteiger partial charge on any atom is -0.382 e. The van der Waals surface area contributed by atoms with E-state index in [4.69, 9.17) is 0 Å². The van der Waals surface area contributed by atoms with E-state index in [-0.39, 0.29) is 0 Å². The Morgan fingerprint density at radius 2 is 2.00 bits per heavy atom. The molecule has 0 aromatic heterocycles. The van der Waals surface area contributed by atoms with Gasteiger partial charge >= 0.3 is 0 Å². The molecule has 0 amide bonds. The second kappa shape index (κ2) is 5.95. The molecule has 1 rings (SSSR count). The molecule has 0 unspecified atom stereocenters. The van der Waals surface area contributed by atoms with Crippen LogP contribution in [0.4, 0.5) is 5.69 Å². The molecule has 0 heterocycles. The number of benzene rings is 1. The van der Waals surface area contributed by atoms with Crippen molar-refractivity contribution in [2.24, 2.45) is 0 Å². The number of hydrogen-bond donors (Lipinski definition) is 1. The van der Waals surface area contributed by atoms with Crippen molar-refractivity contribution in [1.29, 1.82) is 0 Å². The molecular weight excluding hydrogens is 353 g/mol. The Labute approximate surface area is 108 Å². The van der Waals surface area contributed by atoms with E-state index in [0.29, 0.717) is 6.04 Å². The third-order valence-electron chi connectivity index (χ3n) is 2.28. The highest BCUT2D eigenvalue weighted by molar-refractivity contribution is 14.1. The Morgan fingerprint density at radius 1 is 1.36 bits per heavy atom. The lowest BCUT2D eigenvalue weighted by Crippen LogP contribution is -2.16. The first-order valence-corrected chi connectivity index (χ1v) is 6.76. The maximum atomic E-state index is 3.53. The zero-order chi connectivity index (χ0) is 10.6. The zero-order valence-corrected chi connectivity index (χ0v) is 12.2. The Kier molecular flexibility index (Phi) is 5.23. The van der Waals surface area contributed by atoms with Crippen LogP contribution in [0.1, 0.15) is 26.7 Å². The van der Waals surface area contributed by atoms with Crippen LogP contribution in [0, 0.1) is 3.57 Å². The van der Waals surface area contributed by atoms with Gasteiger partial charge in [-0.05, 0) is 69.6 Å². The summed E-state index contributed by atoms with van der Waals surface area (Å²) in [5, 5.41) is 3.51. The molecule has 1 N–H and O–H groups in total. The van der Waals surface area contributed by atoms with E-state index in [0.717, 1.165) is 4.47 Å². The van der Waals surface area contributed by atoms with Crippen molar-refractivity contribution in [3.05, 3.63) is 26.2 Å². The van der Waals surface area contributed by atoms with Gasteiger partial charge in [-0.15, -0.1) is 0 Å². The maximum absolute atomic E-state index is 3.53. The monoisotopic (exact) mass is 367 g/mol. The van der Waals surface area contributed by atoms with Gasteiger partial charge < -0.3 is 5.32 Å². The van der Waals surface area contributed by atoms with Gasteiger partial charge in [-0.1, -0.05) is 13.8 Å². The van der Waals surface area contributed by atoms with E-state index >= 15 is 0 Å². The summed E-state index contributed by atoms with van der Waals surface area (Å²) < 4.78 is 2.41. The van der Waals surface area contributed by atoms with Gasteiger partial charge in [0.1, 0.15) is 0 Å². The Bertz CT molecular complexity index is 297. The van der Waals surface area contributed by atoms with Gasteiger partial charge in [-0.2, -0.15) is 0 Å². The van der Waals surface area contributed by atoms with Gasteiger partial charge in [0.15, 0.2) is 0 Å². The summed E-state index contributed by atoms with van der Waals surface area (Å²) in [6.45, 7) is 4.42. The van der Waals surface area contributed by atoms with E-state index in [9.17, 15) is 0 Å². The number of anilines is 1. The number of hydrogen-bond acceptors (Lipinski definition) is 1. The molecule has 14 heavy (non-hydrogen) atoms. The number of halogens is 2. The van der Waals surface area contributed by atoms with Gasteiger partial charge in [-0.3, -0.25) is 0 Å².